The highest BCUT2D eigenvalue weighted by molar-refractivity contribution is 7.78. The minimum absolute atomic E-state index is 0.111. The molecule has 0 saturated carbocycles. The molecule has 0 fully saturated rings. The monoisotopic (exact) mass is 265 g/mol. The summed E-state index contributed by atoms with van der Waals surface area (Å²) in [5.74, 6) is -1.94. The van der Waals surface area contributed by atoms with E-state index < -0.39 is 23.4 Å². The van der Waals surface area contributed by atoms with E-state index in [0.29, 0.717) is 5.06 Å². The second-order valence-electron chi connectivity index (χ2n) is 3.42. The van der Waals surface area contributed by atoms with Crippen LogP contribution in [-0.4, -0.2) is 29.5 Å². The summed E-state index contributed by atoms with van der Waals surface area (Å²) < 4.78 is 28.6. The Morgan fingerprint density at radius 2 is 1.94 bits per heavy atom. The zero-order valence-corrected chi connectivity index (χ0v) is 9.66. The van der Waals surface area contributed by atoms with E-state index in [1.807, 2.05) is 0 Å². The Kier molecular flexibility index (Phi) is 4.94. The van der Waals surface area contributed by atoms with E-state index in [2.05, 4.69) is 17.5 Å². The number of halogens is 2. The molecule has 1 rings (SSSR count). The number of benzene rings is 1. The highest BCUT2D eigenvalue weighted by Gasteiger charge is 2.14. The lowest BCUT2D eigenvalue weighted by Gasteiger charge is -2.20. The molecule has 0 bridgehead atoms. The molecule has 8 heteroatoms. The summed E-state index contributed by atoms with van der Waals surface area (Å²) in [6, 6.07) is 1.75. The first kappa shape index (κ1) is 14.0. The molecule has 5 nitrogen and oxygen atoms in total. The summed E-state index contributed by atoms with van der Waals surface area (Å²) in [4.78, 5) is 0. The van der Waals surface area contributed by atoms with E-state index >= 15 is 0 Å². The molecule has 0 saturated heterocycles. The third kappa shape index (κ3) is 3.70. The molecule has 0 aliphatic rings. The van der Waals surface area contributed by atoms with Gasteiger partial charge in [-0.1, -0.05) is 12.8 Å². The normalized spacial score (nSPS) is 12.5. The van der Waals surface area contributed by atoms with Crippen LogP contribution in [0, 0.1) is 11.6 Å². The van der Waals surface area contributed by atoms with Gasteiger partial charge in [0.15, 0.2) is 11.6 Å². The van der Waals surface area contributed by atoms with Gasteiger partial charge in [-0.3, -0.25) is 15.0 Å². The van der Waals surface area contributed by atoms with Crippen LogP contribution in [-0.2, 0) is 0 Å². The molecular formula is C9H13F2N3O2S. The number of hydrogen-bond acceptors (Lipinski definition) is 6. The number of nitrogens with one attached hydrogen (secondary N) is 1. The van der Waals surface area contributed by atoms with Gasteiger partial charge in [-0.05, 0) is 0 Å². The second kappa shape index (κ2) is 6.01. The Morgan fingerprint density at radius 1 is 1.41 bits per heavy atom. The van der Waals surface area contributed by atoms with Gasteiger partial charge in [0.25, 0.3) is 0 Å². The lowest BCUT2D eigenvalue weighted by molar-refractivity contribution is 0.141. The van der Waals surface area contributed by atoms with Crippen molar-refractivity contribution in [3.63, 3.8) is 0 Å². The SMILES string of the molecule is Nc1c(F)cc(N(O)CC(O)CNS)cc1F. The van der Waals surface area contributed by atoms with Crippen molar-refractivity contribution in [1.29, 1.82) is 0 Å². The molecule has 96 valence electrons. The number of aliphatic hydroxyl groups is 1. The molecule has 1 unspecified atom stereocenters. The Labute approximate surface area is 102 Å². The largest absolute Gasteiger partial charge is 0.394 e. The minimum Gasteiger partial charge on any atom is -0.394 e. The zero-order chi connectivity index (χ0) is 13.0. The fourth-order valence-corrected chi connectivity index (χ4v) is 1.41. The molecule has 17 heavy (non-hydrogen) atoms. The third-order valence-corrected chi connectivity index (χ3v) is 2.26. The van der Waals surface area contributed by atoms with Crippen molar-refractivity contribution in [1.82, 2.24) is 4.72 Å². The van der Waals surface area contributed by atoms with Crippen molar-refractivity contribution in [3.8, 4) is 0 Å². The number of aliphatic hydroxyl groups excluding tert-OH is 1. The van der Waals surface area contributed by atoms with Gasteiger partial charge in [-0.15, -0.1) is 0 Å². The van der Waals surface area contributed by atoms with E-state index in [4.69, 9.17) is 5.73 Å². The maximum atomic E-state index is 13.1. The van der Waals surface area contributed by atoms with Gasteiger partial charge in [-0.2, -0.15) is 0 Å². The molecule has 0 spiro atoms. The summed E-state index contributed by atoms with van der Waals surface area (Å²) >= 11 is 3.67. The van der Waals surface area contributed by atoms with Crippen LogP contribution in [0.5, 0.6) is 0 Å². The number of thiol groups is 1. The fraction of sp³-hybridized carbons (Fsp3) is 0.333. The first-order valence-electron chi connectivity index (χ1n) is 4.71. The van der Waals surface area contributed by atoms with Crippen LogP contribution in [0.4, 0.5) is 20.2 Å². The van der Waals surface area contributed by atoms with Gasteiger partial charge in [0.1, 0.15) is 5.69 Å². The van der Waals surface area contributed by atoms with Crippen molar-refractivity contribution in [2.24, 2.45) is 0 Å². The van der Waals surface area contributed by atoms with Gasteiger partial charge in [0, 0.05) is 18.7 Å². The number of rotatable bonds is 5. The van der Waals surface area contributed by atoms with Gasteiger partial charge in [0.2, 0.25) is 0 Å². The van der Waals surface area contributed by atoms with Crippen molar-refractivity contribution < 1.29 is 19.1 Å². The highest BCUT2D eigenvalue weighted by atomic mass is 32.1. The Balaban J connectivity index is 2.79. The number of hydroxylamine groups is 1. The summed E-state index contributed by atoms with van der Waals surface area (Å²) in [5, 5.41) is 19.4. The third-order valence-electron chi connectivity index (χ3n) is 2.07. The minimum atomic E-state index is -0.971. The van der Waals surface area contributed by atoms with E-state index in [9.17, 15) is 19.1 Å². The number of hydrogen-bond donors (Lipinski definition) is 5. The average Bonchev–Trinajstić information content (AvgIpc) is 2.25. The molecule has 1 aromatic carbocycles. The topological polar surface area (TPSA) is 81.8 Å². The highest BCUT2D eigenvalue weighted by Crippen LogP contribution is 2.22. The number of anilines is 2. The lowest BCUT2D eigenvalue weighted by atomic mass is 10.2. The van der Waals surface area contributed by atoms with E-state index in [-0.39, 0.29) is 18.8 Å². The van der Waals surface area contributed by atoms with Crippen molar-refractivity contribution in [3.05, 3.63) is 23.8 Å². The molecule has 1 atom stereocenters. The van der Waals surface area contributed by atoms with Crippen LogP contribution in [0.15, 0.2) is 12.1 Å². The standard InChI is InChI=1S/C9H13F2N3O2S/c10-7-1-5(2-8(11)9(7)12)14(16)4-6(15)3-13-17/h1-2,6,13,15-17H,3-4,12H2. The molecule has 0 aromatic heterocycles. The summed E-state index contributed by atoms with van der Waals surface area (Å²) in [6.45, 7) is -0.115. The average molecular weight is 265 g/mol. The van der Waals surface area contributed by atoms with Gasteiger partial charge in [0.05, 0.1) is 18.3 Å². The van der Waals surface area contributed by atoms with Crippen molar-refractivity contribution in [2.75, 3.05) is 23.9 Å². The second-order valence-corrected chi connectivity index (χ2v) is 3.74. The van der Waals surface area contributed by atoms with Crippen LogP contribution < -0.4 is 15.5 Å². The van der Waals surface area contributed by atoms with Crippen LogP contribution in [0.25, 0.3) is 0 Å². The number of nitrogens with two attached hydrogens (primary N) is 1. The zero-order valence-electron chi connectivity index (χ0n) is 8.77. The quantitative estimate of drug-likeness (QED) is 0.305. The number of nitrogen functional groups attached to an aromatic ring is 1. The molecule has 0 radical (unpaired) electrons. The maximum absolute atomic E-state index is 13.1. The van der Waals surface area contributed by atoms with E-state index in [0.717, 1.165) is 12.1 Å². The predicted molar refractivity (Wildman–Crippen MR) is 62.9 cm³/mol. The Morgan fingerprint density at radius 3 is 2.41 bits per heavy atom. The van der Waals surface area contributed by atoms with E-state index in [1.54, 1.807) is 0 Å². The molecule has 5 N–H and O–H groups in total. The fourth-order valence-electron chi connectivity index (χ4n) is 1.19. The van der Waals surface area contributed by atoms with Crippen molar-refractivity contribution in [2.45, 2.75) is 6.10 Å². The van der Waals surface area contributed by atoms with Crippen LogP contribution in [0.3, 0.4) is 0 Å². The molecule has 1 aromatic rings. The van der Waals surface area contributed by atoms with Gasteiger partial charge < -0.3 is 10.8 Å². The molecular weight excluding hydrogens is 252 g/mol. The predicted octanol–water partition coefficient (Wildman–Crippen LogP) is 0.538. The first-order chi connectivity index (χ1) is 7.95. The summed E-state index contributed by atoms with van der Waals surface area (Å²) in [5.41, 5.74) is 4.34. The molecule has 0 aliphatic heterocycles. The smallest absolute Gasteiger partial charge is 0.151 e. The van der Waals surface area contributed by atoms with E-state index in [1.165, 1.54) is 0 Å². The maximum Gasteiger partial charge on any atom is 0.151 e. The Hall–Kier alpha value is -1.09. The first-order valence-corrected chi connectivity index (χ1v) is 5.16. The van der Waals surface area contributed by atoms with Crippen LogP contribution in [0.1, 0.15) is 0 Å². The number of nitrogens with zero attached hydrogens (tertiary/aromatic N) is 1. The summed E-state index contributed by atoms with van der Waals surface area (Å²) in [6.07, 6.45) is -0.943. The van der Waals surface area contributed by atoms with Crippen LogP contribution in [0.2, 0.25) is 0 Å². The molecule has 0 aliphatic carbocycles. The molecule has 0 amide bonds. The summed E-state index contributed by atoms with van der Waals surface area (Å²) in [7, 11) is 0. The van der Waals surface area contributed by atoms with Gasteiger partial charge in [-0.25, -0.2) is 8.78 Å². The molecule has 0 heterocycles. The van der Waals surface area contributed by atoms with Gasteiger partial charge >= 0.3 is 0 Å². The lowest BCUT2D eigenvalue weighted by Crippen LogP contribution is -2.34. The van der Waals surface area contributed by atoms with Crippen molar-refractivity contribution >= 4 is 24.2 Å². The van der Waals surface area contributed by atoms with Crippen LogP contribution >= 0.6 is 12.8 Å². The Bertz CT molecular complexity index is 371.